The number of rotatable bonds is 14. The van der Waals surface area contributed by atoms with Gasteiger partial charge in [0.05, 0.1) is 24.8 Å². The van der Waals surface area contributed by atoms with Crippen LogP contribution in [0, 0.1) is 0 Å². The molecular weight excluding hydrogens is 601 g/mol. The lowest BCUT2D eigenvalue weighted by atomic mass is 10.1. The molecule has 0 unspecified atom stereocenters. The topological polar surface area (TPSA) is 105 Å². The molecule has 2 amide bonds. The number of methoxy groups -OCH3 is 2. The molecule has 226 valence electrons. The third-order valence-electron chi connectivity index (χ3n) is 6.65. The number of nitrogens with zero attached hydrogens (tertiary/aromatic N) is 2. The molecule has 0 bridgehead atoms. The minimum Gasteiger partial charge on any atom is -0.497 e. The summed E-state index contributed by atoms with van der Waals surface area (Å²) in [6.45, 7) is 3.22. The Kier molecular flexibility index (Phi) is 11.9. The summed E-state index contributed by atoms with van der Waals surface area (Å²) in [4.78, 5) is 28.5. The van der Waals surface area contributed by atoms with Crippen molar-refractivity contribution in [3.63, 3.8) is 0 Å². The fraction of sp³-hybridized carbons (Fsp3) is 0.333. The molecule has 0 aliphatic rings. The van der Waals surface area contributed by atoms with Crippen LogP contribution in [0.3, 0.4) is 0 Å². The highest BCUT2D eigenvalue weighted by Crippen LogP contribution is 2.36. The van der Waals surface area contributed by atoms with Crippen LogP contribution in [0.25, 0.3) is 0 Å². The van der Waals surface area contributed by atoms with Crippen molar-refractivity contribution in [1.82, 2.24) is 10.2 Å². The van der Waals surface area contributed by atoms with Crippen molar-refractivity contribution < 1.29 is 27.5 Å². The van der Waals surface area contributed by atoms with Gasteiger partial charge >= 0.3 is 0 Å². The number of nitrogens with one attached hydrogen (secondary N) is 1. The van der Waals surface area contributed by atoms with Gasteiger partial charge in [0, 0.05) is 34.8 Å². The van der Waals surface area contributed by atoms with Crippen LogP contribution < -0.4 is 19.1 Å². The molecule has 0 heterocycles. The highest BCUT2D eigenvalue weighted by Gasteiger charge is 2.34. The number of ether oxygens (including phenoxy) is 2. The summed E-state index contributed by atoms with van der Waals surface area (Å²) in [5, 5.41) is 3.46. The van der Waals surface area contributed by atoms with Gasteiger partial charge in [-0.3, -0.25) is 13.9 Å². The van der Waals surface area contributed by atoms with Gasteiger partial charge in [-0.1, -0.05) is 60.8 Å². The van der Waals surface area contributed by atoms with E-state index in [2.05, 4.69) is 5.32 Å². The molecule has 3 aromatic rings. The quantitative estimate of drug-likeness (QED) is 0.233. The number of unbranched alkanes of at least 4 members (excludes halogenated alkanes) is 1. The number of sulfonamides is 1. The van der Waals surface area contributed by atoms with Gasteiger partial charge in [0.2, 0.25) is 11.8 Å². The normalized spacial score (nSPS) is 11.9. The van der Waals surface area contributed by atoms with Crippen LogP contribution in [0.5, 0.6) is 11.5 Å². The van der Waals surface area contributed by atoms with Gasteiger partial charge < -0.3 is 19.7 Å². The van der Waals surface area contributed by atoms with Crippen molar-refractivity contribution in [2.24, 2.45) is 0 Å². The molecule has 3 rings (SSSR count). The Morgan fingerprint density at radius 2 is 1.62 bits per heavy atom. The Morgan fingerprint density at radius 3 is 2.21 bits per heavy atom. The van der Waals surface area contributed by atoms with E-state index in [9.17, 15) is 18.0 Å². The maximum Gasteiger partial charge on any atom is 0.264 e. The van der Waals surface area contributed by atoms with Crippen molar-refractivity contribution in [3.05, 3.63) is 82.3 Å². The molecule has 0 aliphatic carbocycles. The Hall–Kier alpha value is -3.47. The van der Waals surface area contributed by atoms with Crippen LogP contribution in [0.2, 0.25) is 10.0 Å². The lowest BCUT2D eigenvalue weighted by molar-refractivity contribution is -0.139. The lowest BCUT2D eigenvalue weighted by Crippen LogP contribution is -2.51. The Labute approximate surface area is 257 Å². The third kappa shape index (κ3) is 7.87. The Balaban J connectivity index is 2.12. The van der Waals surface area contributed by atoms with Crippen molar-refractivity contribution in [2.45, 2.75) is 44.2 Å². The predicted octanol–water partition coefficient (Wildman–Crippen LogP) is 5.54. The number of hydrogen-bond donors (Lipinski definition) is 1. The summed E-state index contributed by atoms with van der Waals surface area (Å²) in [5.74, 6) is -0.492. The fourth-order valence-corrected chi connectivity index (χ4v) is 6.15. The number of anilines is 1. The first-order chi connectivity index (χ1) is 20.0. The van der Waals surface area contributed by atoms with E-state index in [1.165, 1.54) is 37.3 Å². The second-order valence-corrected chi connectivity index (χ2v) is 12.1. The minimum atomic E-state index is -4.30. The number of carbonyl (C=O) groups excluding carboxylic acids is 2. The van der Waals surface area contributed by atoms with E-state index in [0.29, 0.717) is 27.9 Å². The zero-order valence-electron chi connectivity index (χ0n) is 24.0. The van der Waals surface area contributed by atoms with Gasteiger partial charge in [-0.25, -0.2) is 8.42 Å². The van der Waals surface area contributed by atoms with E-state index < -0.39 is 34.4 Å². The maximum absolute atomic E-state index is 14.1. The molecular formula is C30H35Cl2N3O6S. The van der Waals surface area contributed by atoms with Gasteiger partial charge in [0.25, 0.3) is 10.0 Å². The summed E-state index contributed by atoms with van der Waals surface area (Å²) in [7, 11) is -1.45. The monoisotopic (exact) mass is 635 g/mol. The van der Waals surface area contributed by atoms with E-state index >= 15 is 0 Å². The number of carbonyl (C=O) groups is 2. The SMILES string of the molecule is CCCCNC(=O)[C@@H](C)N(Cc1c(Cl)cccc1Cl)C(=O)CN(c1cc(OC)ccc1OC)S(=O)(=O)c1ccccc1. The molecule has 0 aromatic heterocycles. The van der Waals surface area contributed by atoms with Crippen molar-refractivity contribution in [1.29, 1.82) is 0 Å². The smallest absolute Gasteiger partial charge is 0.264 e. The first-order valence-electron chi connectivity index (χ1n) is 13.3. The summed E-state index contributed by atoms with van der Waals surface area (Å²) in [6.07, 6.45) is 1.64. The molecule has 0 saturated carbocycles. The summed E-state index contributed by atoms with van der Waals surface area (Å²) in [6, 6.07) is 16.3. The highest BCUT2D eigenvalue weighted by atomic mass is 35.5. The van der Waals surface area contributed by atoms with Gasteiger partial charge in [-0.2, -0.15) is 0 Å². The standard InChI is InChI=1S/C30H35Cl2N3O6S/c1-5-6-17-33-30(37)21(2)34(19-24-25(31)13-10-14-26(24)32)29(36)20-35(42(38,39)23-11-8-7-9-12-23)27-18-22(40-3)15-16-28(27)41-4/h7-16,18,21H,5-6,17,19-20H2,1-4H3,(H,33,37)/t21-/m1/s1. The molecule has 0 spiro atoms. The summed E-state index contributed by atoms with van der Waals surface area (Å²) >= 11 is 12.9. The van der Waals surface area contributed by atoms with Gasteiger partial charge in [0.1, 0.15) is 24.1 Å². The lowest BCUT2D eigenvalue weighted by Gasteiger charge is -2.32. The molecule has 0 radical (unpaired) electrons. The molecule has 0 saturated heterocycles. The zero-order chi connectivity index (χ0) is 30.9. The fourth-order valence-electron chi connectivity index (χ4n) is 4.20. The van der Waals surface area contributed by atoms with Crippen molar-refractivity contribution in [3.8, 4) is 11.5 Å². The molecule has 1 N–H and O–H groups in total. The molecule has 9 nitrogen and oxygen atoms in total. The zero-order valence-corrected chi connectivity index (χ0v) is 26.3. The Bertz CT molecular complexity index is 1470. The first-order valence-corrected chi connectivity index (χ1v) is 15.5. The number of amides is 2. The van der Waals surface area contributed by atoms with E-state index in [1.54, 1.807) is 55.5 Å². The second kappa shape index (κ2) is 15.1. The summed E-state index contributed by atoms with van der Waals surface area (Å²) < 4.78 is 39.9. The second-order valence-electron chi connectivity index (χ2n) is 9.40. The van der Waals surface area contributed by atoms with Crippen LogP contribution in [0.1, 0.15) is 32.3 Å². The van der Waals surface area contributed by atoms with Crippen molar-refractivity contribution >= 4 is 50.7 Å². The molecule has 3 aromatic carbocycles. The average Bonchev–Trinajstić information content (AvgIpc) is 2.99. The highest BCUT2D eigenvalue weighted by molar-refractivity contribution is 7.92. The van der Waals surface area contributed by atoms with E-state index in [4.69, 9.17) is 32.7 Å². The van der Waals surface area contributed by atoms with E-state index in [0.717, 1.165) is 17.1 Å². The molecule has 0 fully saturated rings. The number of benzene rings is 3. The molecule has 12 heteroatoms. The Morgan fingerprint density at radius 1 is 0.952 bits per heavy atom. The largest absolute Gasteiger partial charge is 0.497 e. The molecule has 1 atom stereocenters. The van der Waals surface area contributed by atoms with Crippen LogP contribution in [0.15, 0.2) is 71.6 Å². The number of hydrogen-bond acceptors (Lipinski definition) is 6. The first kappa shape index (κ1) is 33.0. The third-order valence-corrected chi connectivity index (χ3v) is 9.13. The van der Waals surface area contributed by atoms with E-state index in [1.807, 2.05) is 6.92 Å². The number of halogens is 2. The average molecular weight is 637 g/mol. The van der Waals surface area contributed by atoms with Crippen LogP contribution in [0.4, 0.5) is 5.69 Å². The summed E-state index contributed by atoms with van der Waals surface area (Å²) in [5.41, 5.74) is 0.517. The van der Waals surface area contributed by atoms with Gasteiger partial charge in [0.15, 0.2) is 0 Å². The van der Waals surface area contributed by atoms with Crippen LogP contribution in [-0.2, 0) is 26.2 Å². The molecule has 0 aliphatic heterocycles. The molecule has 42 heavy (non-hydrogen) atoms. The van der Waals surface area contributed by atoms with Crippen LogP contribution >= 0.6 is 23.2 Å². The van der Waals surface area contributed by atoms with Crippen LogP contribution in [-0.4, -0.2) is 58.5 Å². The van der Waals surface area contributed by atoms with Gasteiger partial charge in [-0.15, -0.1) is 0 Å². The van der Waals surface area contributed by atoms with Gasteiger partial charge in [-0.05, 0) is 49.7 Å². The maximum atomic E-state index is 14.1. The predicted molar refractivity (Wildman–Crippen MR) is 165 cm³/mol. The van der Waals surface area contributed by atoms with Crippen molar-refractivity contribution in [2.75, 3.05) is 31.6 Å². The van der Waals surface area contributed by atoms with E-state index in [-0.39, 0.29) is 22.9 Å². The minimum absolute atomic E-state index is 0.0336.